The zero-order chi connectivity index (χ0) is 21.8. The molecule has 2 aromatic carbocycles. The van der Waals surface area contributed by atoms with Gasteiger partial charge in [-0.1, -0.05) is 29.5 Å². The maximum absolute atomic E-state index is 12.4. The number of thioether (sulfide) groups is 1. The summed E-state index contributed by atoms with van der Waals surface area (Å²) in [6, 6.07) is 16.4. The Morgan fingerprint density at radius 3 is 2.58 bits per heavy atom. The molecule has 2 heterocycles. The monoisotopic (exact) mass is 435 g/mol. The summed E-state index contributed by atoms with van der Waals surface area (Å²) in [7, 11) is 0. The van der Waals surface area contributed by atoms with E-state index in [1.54, 1.807) is 0 Å². The predicted molar refractivity (Wildman–Crippen MR) is 121 cm³/mol. The molecule has 0 spiro atoms. The lowest BCUT2D eigenvalue weighted by molar-refractivity contribution is -0.113. The molecule has 31 heavy (non-hydrogen) atoms. The molecule has 4 aromatic rings. The summed E-state index contributed by atoms with van der Waals surface area (Å²) in [5, 5.41) is 6.00. The fourth-order valence-corrected chi connectivity index (χ4v) is 3.69. The van der Waals surface area contributed by atoms with E-state index in [4.69, 9.17) is 4.74 Å². The highest BCUT2D eigenvalue weighted by atomic mass is 32.2. The minimum absolute atomic E-state index is 0.128. The second-order valence-corrected chi connectivity index (χ2v) is 7.75. The summed E-state index contributed by atoms with van der Waals surface area (Å²) in [6.07, 6.45) is 0. The lowest BCUT2D eigenvalue weighted by Gasteiger charge is -2.09. The maximum Gasteiger partial charge on any atom is 0.266 e. The number of fused-ring (bicyclic) bond motifs is 1. The smallest absolute Gasteiger partial charge is 0.266 e. The lowest BCUT2D eigenvalue weighted by atomic mass is 10.2. The van der Waals surface area contributed by atoms with Gasteiger partial charge in [0.25, 0.3) is 5.56 Å². The summed E-state index contributed by atoms with van der Waals surface area (Å²) in [6.45, 7) is 4.49. The molecular weight excluding hydrogens is 414 g/mol. The van der Waals surface area contributed by atoms with Crippen molar-refractivity contribution in [3.63, 3.8) is 0 Å². The van der Waals surface area contributed by atoms with Crippen LogP contribution < -0.4 is 15.6 Å². The van der Waals surface area contributed by atoms with E-state index in [0.717, 1.165) is 22.6 Å². The number of benzene rings is 2. The third kappa shape index (κ3) is 4.95. The van der Waals surface area contributed by atoms with Crippen LogP contribution in [0.1, 0.15) is 12.5 Å². The first-order valence-electron chi connectivity index (χ1n) is 9.74. The van der Waals surface area contributed by atoms with E-state index in [1.807, 2.05) is 62.4 Å². The number of rotatable bonds is 7. The second-order valence-electron chi connectivity index (χ2n) is 6.80. The van der Waals surface area contributed by atoms with Gasteiger partial charge in [0.15, 0.2) is 16.6 Å². The highest BCUT2D eigenvalue weighted by molar-refractivity contribution is 7.99. The van der Waals surface area contributed by atoms with Crippen molar-refractivity contribution in [2.45, 2.75) is 19.0 Å². The first-order valence-corrected chi connectivity index (χ1v) is 10.7. The molecule has 0 bridgehead atoms. The molecule has 0 unspecified atom stereocenters. The van der Waals surface area contributed by atoms with Gasteiger partial charge in [-0.15, -0.1) is 0 Å². The van der Waals surface area contributed by atoms with Crippen LogP contribution in [0.4, 0.5) is 5.69 Å². The van der Waals surface area contributed by atoms with Gasteiger partial charge in [0, 0.05) is 17.3 Å². The number of amides is 1. The van der Waals surface area contributed by atoms with Crippen LogP contribution >= 0.6 is 11.8 Å². The van der Waals surface area contributed by atoms with E-state index < -0.39 is 0 Å². The first-order chi connectivity index (χ1) is 15.0. The normalized spacial score (nSPS) is 10.9. The molecular formula is C22H21N5O3S. The van der Waals surface area contributed by atoms with Gasteiger partial charge in [0.2, 0.25) is 5.91 Å². The Labute approximate surface area is 182 Å². The average molecular weight is 436 g/mol. The number of aryl methyl sites for hydroxylation is 1. The van der Waals surface area contributed by atoms with Crippen LogP contribution in [-0.4, -0.2) is 37.8 Å². The highest BCUT2D eigenvalue weighted by Gasteiger charge is 2.13. The number of carbonyl (C=O) groups excluding carboxylic acids is 1. The molecule has 1 amide bonds. The Balaban J connectivity index is 1.56. The first kappa shape index (κ1) is 20.7. The van der Waals surface area contributed by atoms with Gasteiger partial charge in [-0.05, 0) is 50.2 Å². The highest BCUT2D eigenvalue weighted by Crippen LogP contribution is 2.23. The molecule has 2 aromatic heterocycles. The minimum atomic E-state index is -0.288. The third-order valence-corrected chi connectivity index (χ3v) is 5.35. The van der Waals surface area contributed by atoms with Crippen LogP contribution in [0.5, 0.6) is 5.75 Å². The summed E-state index contributed by atoms with van der Waals surface area (Å²) in [4.78, 5) is 33.3. The van der Waals surface area contributed by atoms with Gasteiger partial charge < -0.3 is 10.1 Å². The molecule has 0 saturated heterocycles. The number of aromatic amines is 1. The van der Waals surface area contributed by atoms with E-state index >= 15 is 0 Å². The molecule has 0 radical (unpaired) electrons. The van der Waals surface area contributed by atoms with E-state index in [1.165, 1.54) is 22.3 Å². The van der Waals surface area contributed by atoms with Gasteiger partial charge in [-0.25, -0.2) is 14.5 Å². The number of ether oxygens (including phenoxy) is 1. The van der Waals surface area contributed by atoms with E-state index in [0.29, 0.717) is 23.2 Å². The number of nitrogens with zero attached hydrogens (tertiary/aromatic N) is 3. The summed E-state index contributed by atoms with van der Waals surface area (Å²) in [5.41, 5.74) is 2.78. The van der Waals surface area contributed by atoms with Crippen LogP contribution in [0.15, 0.2) is 64.5 Å². The maximum atomic E-state index is 12.4. The van der Waals surface area contributed by atoms with Gasteiger partial charge in [0.1, 0.15) is 5.75 Å². The largest absolute Gasteiger partial charge is 0.494 e. The third-order valence-electron chi connectivity index (χ3n) is 4.42. The van der Waals surface area contributed by atoms with Crippen molar-refractivity contribution in [3.05, 3.63) is 70.5 Å². The van der Waals surface area contributed by atoms with Crippen LogP contribution in [0.3, 0.4) is 0 Å². The molecule has 4 rings (SSSR count). The fourth-order valence-electron chi connectivity index (χ4n) is 2.94. The van der Waals surface area contributed by atoms with E-state index in [-0.39, 0.29) is 17.2 Å². The van der Waals surface area contributed by atoms with Crippen LogP contribution in [0, 0.1) is 6.92 Å². The van der Waals surface area contributed by atoms with Crippen molar-refractivity contribution in [2.24, 2.45) is 0 Å². The molecule has 8 nitrogen and oxygen atoms in total. The number of hydrogen-bond acceptors (Lipinski definition) is 6. The number of hydrogen-bond donors (Lipinski definition) is 2. The van der Waals surface area contributed by atoms with Crippen molar-refractivity contribution in [3.8, 4) is 17.1 Å². The van der Waals surface area contributed by atoms with E-state index in [2.05, 4.69) is 20.4 Å². The van der Waals surface area contributed by atoms with Crippen molar-refractivity contribution in [1.29, 1.82) is 0 Å². The second kappa shape index (κ2) is 9.05. The topological polar surface area (TPSA) is 101 Å². The van der Waals surface area contributed by atoms with Crippen molar-refractivity contribution in [1.82, 2.24) is 19.6 Å². The zero-order valence-electron chi connectivity index (χ0n) is 17.1. The molecule has 0 saturated carbocycles. The number of carbonyl (C=O) groups is 1. The zero-order valence-corrected chi connectivity index (χ0v) is 17.9. The predicted octanol–water partition coefficient (Wildman–Crippen LogP) is 3.52. The Hall–Kier alpha value is -3.59. The number of aromatic nitrogens is 4. The molecule has 2 N–H and O–H groups in total. The van der Waals surface area contributed by atoms with Crippen molar-refractivity contribution >= 4 is 29.0 Å². The van der Waals surface area contributed by atoms with Gasteiger partial charge >= 0.3 is 0 Å². The number of H-pyrrole nitrogens is 1. The average Bonchev–Trinajstić information content (AvgIpc) is 3.14. The molecule has 0 aliphatic carbocycles. The molecule has 0 aliphatic heterocycles. The van der Waals surface area contributed by atoms with E-state index in [9.17, 15) is 9.59 Å². The van der Waals surface area contributed by atoms with Crippen LogP contribution in [0.2, 0.25) is 0 Å². The summed E-state index contributed by atoms with van der Waals surface area (Å²) < 4.78 is 6.96. The molecule has 158 valence electrons. The Bertz CT molecular complexity index is 1260. The van der Waals surface area contributed by atoms with Crippen molar-refractivity contribution < 1.29 is 9.53 Å². The van der Waals surface area contributed by atoms with Gasteiger partial charge in [-0.2, -0.15) is 0 Å². The standard InChI is InChI=1S/C22H21N5O3S/c1-3-30-17-10-6-15(7-11-17)21-24-18-12-19(28)26-27(18)22(25-21)31-13-20(29)23-16-8-4-14(2)5-9-16/h4-12H,3,13H2,1-2H3,(H,23,29)(H,26,28). The van der Waals surface area contributed by atoms with Gasteiger partial charge in [-0.3, -0.25) is 14.7 Å². The van der Waals surface area contributed by atoms with Crippen LogP contribution in [-0.2, 0) is 4.79 Å². The summed E-state index contributed by atoms with van der Waals surface area (Å²) >= 11 is 1.22. The van der Waals surface area contributed by atoms with Crippen molar-refractivity contribution in [2.75, 3.05) is 17.7 Å². The van der Waals surface area contributed by atoms with Gasteiger partial charge in [0.05, 0.1) is 12.4 Å². The number of anilines is 1. The molecule has 0 fully saturated rings. The Kier molecular flexibility index (Phi) is 6.03. The Morgan fingerprint density at radius 2 is 1.87 bits per heavy atom. The summed E-state index contributed by atoms with van der Waals surface area (Å²) in [5.74, 6) is 1.18. The SMILES string of the molecule is CCOc1ccc(-c2nc(SCC(=O)Nc3ccc(C)cc3)n3[nH]c(=O)cc3n2)cc1. The molecule has 0 atom stereocenters. The quantitative estimate of drug-likeness (QED) is 0.431. The lowest BCUT2D eigenvalue weighted by Crippen LogP contribution is -2.15. The minimum Gasteiger partial charge on any atom is -0.494 e. The molecule has 0 aliphatic rings. The molecule has 9 heteroatoms. The Morgan fingerprint density at radius 1 is 1.13 bits per heavy atom. The van der Waals surface area contributed by atoms with Crippen LogP contribution in [0.25, 0.3) is 17.0 Å². The number of nitrogens with one attached hydrogen (secondary N) is 2. The fraction of sp³-hybridized carbons (Fsp3) is 0.182.